The Morgan fingerprint density at radius 1 is 1.19 bits per heavy atom. The number of anilines is 1. The molecule has 1 saturated heterocycles. The number of Topliss-reactive ketones (excluding diaryl/α,β-unsaturated/α-hetero) is 1. The van der Waals surface area contributed by atoms with Gasteiger partial charge in [-0.2, -0.15) is 5.10 Å². The maximum absolute atomic E-state index is 13.0. The molecule has 0 unspecified atom stereocenters. The first kappa shape index (κ1) is 20.6. The number of rotatable bonds is 5. The maximum atomic E-state index is 13.0. The minimum absolute atomic E-state index is 0.0222. The SMILES string of the molecule is C[C@@H](Sc1nnc2c(n1)[C@@]1(C)CC[C@H]2C1(C)C)C(=O)c1ccc(N2CCCC2=O)cc1. The lowest BCUT2D eigenvalue weighted by Crippen LogP contribution is -2.32. The highest BCUT2D eigenvalue weighted by Gasteiger charge is 2.61. The van der Waals surface area contributed by atoms with Crippen molar-refractivity contribution >= 4 is 29.1 Å². The van der Waals surface area contributed by atoms with Gasteiger partial charge in [-0.3, -0.25) is 9.59 Å². The highest BCUT2D eigenvalue weighted by Crippen LogP contribution is 2.66. The van der Waals surface area contributed by atoms with E-state index in [-0.39, 0.29) is 27.8 Å². The lowest BCUT2D eigenvalue weighted by molar-refractivity contribution is -0.117. The van der Waals surface area contributed by atoms with Crippen molar-refractivity contribution in [1.82, 2.24) is 15.2 Å². The van der Waals surface area contributed by atoms with Crippen LogP contribution < -0.4 is 4.90 Å². The first-order valence-corrected chi connectivity index (χ1v) is 12.0. The van der Waals surface area contributed by atoms with Crippen molar-refractivity contribution in [3.05, 3.63) is 41.2 Å². The molecule has 1 amide bonds. The molecule has 0 spiro atoms. The van der Waals surface area contributed by atoms with E-state index in [4.69, 9.17) is 4.98 Å². The lowest BCUT2D eigenvalue weighted by Gasteiger charge is -2.34. The van der Waals surface area contributed by atoms with E-state index in [1.807, 2.05) is 31.2 Å². The third-order valence-corrected chi connectivity index (χ3v) is 8.91. The average Bonchev–Trinajstić information content (AvgIpc) is 3.33. The number of fused-ring (bicyclic) bond motifs is 5. The molecule has 2 bridgehead atoms. The number of ketones is 1. The molecule has 0 radical (unpaired) electrons. The molecule has 2 fully saturated rings. The second-order valence-electron chi connectivity index (χ2n) is 9.79. The predicted molar refractivity (Wildman–Crippen MR) is 121 cm³/mol. The van der Waals surface area contributed by atoms with Gasteiger partial charge in [0, 0.05) is 35.5 Å². The Morgan fingerprint density at radius 2 is 1.94 bits per heavy atom. The third-order valence-electron chi connectivity index (χ3n) is 7.96. The van der Waals surface area contributed by atoms with Crippen molar-refractivity contribution in [2.24, 2.45) is 5.41 Å². The monoisotopic (exact) mass is 436 g/mol. The van der Waals surface area contributed by atoms with Crippen LogP contribution in [0.5, 0.6) is 0 Å². The summed E-state index contributed by atoms with van der Waals surface area (Å²) in [6.07, 6.45) is 3.76. The fourth-order valence-corrected chi connectivity index (χ4v) is 6.38. The Hall–Kier alpha value is -2.28. The van der Waals surface area contributed by atoms with Crippen LogP contribution in [0.25, 0.3) is 0 Å². The highest BCUT2D eigenvalue weighted by molar-refractivity contribution is 8.00. The zero-order valence-electron chi connectivity index (χ0n) is 18.5. The Balaban J connectivity index is 1.32. The average molecular weight is 437 g/mol. The lowest BCUT2D eigenvalue weighted by atomic mass is 9.70. The van der Waals surface area contributed by atoms with E-state index in [1.54, 1.807) is 4.90 Å². The summed E-state index contributed by atoms with van der Waals surface area (Å²) in [6, 6.07) is 7.34. The van der Waals surface area contributed by atoms with Crippen molar-refractivity contribution in [2.75, 3.05) is 11.4 Å². The summed E-state index contributed by atoms with van der Waals surface area (Å²) in [4.78, 5) is 31.6. The summed E-state index contributed by atoms with van der Waals surface area (Å²) in [6.45, 7) is 9.55. The number of hydrogen-bond acceptors (Lipinski definition) is 6. The van der Waals surface area contributed by atoms with E-state index in [0.717, 1.165) is 42.9 Å². The summed E-state index contributed by atoms with van der Waals surface area (Å²) in [7, 11) is 0. The van der Waals surface area contributed by atoms with E-state index in [9.17, 15) is 9.59 Å². The van der Waals surface area contributed by atoms with Gasteiger partial charge in [0.05, 0.1) is 16.6 Å². The molecule has 1 saturated carbocycles. The predicted octanol–water partition coefficient (Wildman–Crippen LogP) is 4.54. The van der Waals surface area contributed by atoms with Crippen LogP contribution in [0.1, 0.15) is 81.0 Å². The van der Waals surface area contributed by atoms with Gasteiger partial charge in [0.15, 0.2) is 5.78 Å². The van der Waals surface area contributed by atoms with Crippen molar-refractivity contribution in [3.8, 4) is 0 Å². The van der Waals surface area contributed by atoms with E-state index in [2.05, 4.69) is 31.0 Å². The molecule has 2 aromatic rings. The molecule has 1 aromatic heterocycles. The molecule has 3 atom stereocenters. The number of amides is 1. The van der Waals surface area contributed by atoms with Crippen LogP contribution in [-0.4, -0.2) is 38.7 Å². The fourth-order valence-electron chi connectivity index (χ4n) is 5.59. The summed E-state index contributed by atoms with van der Waals surface area (Å²) < 4.78 is 0. The first-order valence-electron chi connectivity index (χ1n) is 11.1. The molecule has 31 heavy (non-hydrogen) atoms. The van der Waals surface area contributed by atoms with Gasteiger partial charge in [0.25, 0.3) is 0 Å². The molecule has 3 aliphatic rings. The molecule has 2 aliphatic carbocycles. The third kappa shape index (κ3) is 3.04. The molecule has 2 heterocycles. The zero-order chi connectivity index (χ0) is 22.0. The van der Waals surface area contributed by atoms with E-state index >= 15 is 0 Å². The van der Waals surface area contributed by atoms with E-state index < -0.39 is 0 Å². The number of hydrogen-bond donors (Lipinski definition) is 0. The van der Waals surface area contributed by atoms with Crippen molar-refractivity contribution < 1.29 is 9.59 Å². The number of aromatic nitrogens is 3. The van der Waals surface area contributed by atoms with Crippen molar-refractivity contribution in [2.45, 2.75) is 75.1 Å². The molecule has 5 rings (SSSR count). The molecule has 1 aromatic carbocycles. The number of carbonyl (C=O) groups excluding carboxylic acids is 2. The largest absolute Gasteiger partial charge is 0.312 e. The van der Waals surface area contributed by atoms with E-state index in [0.29, 0.717) is 23.1 Å². The topological polar surface area (TPSA) is 76.1 Å². The van der Waals surface area contributed by atoms with Gasteiger partial charge in [-0.15, -0.1) is 5.10 Å². The number of thioether (sulfide) groups is 1. The minimum Gasteiger partial charge on any atom is -0.312 e. The Bertz CT molecular complexity index is 1070. The van der Waals surface area contributed by atoms with E-state index in [1.165, 1.54) is 11.8 Å². The molecular formula is C24H28N4O2S. The highest BCUT2D eigenvalue weighted by atomic mass is 32.2. The van der Waals surface area contributed by atoms with Crippen LogP contribution in [0.2, 0.25) is 0 Å². The number of carbonyl (C=O) groups is 2. The van der Waals surface area contributed by atoms with Crippen LogP contribution in [0.3, 0.4) is 0 Å². The number of nitrogens with zero attached hydrogens (tertiary/aromatic N) is 4. The van der Waals surface area contributed by atoms with Crippen LogP contribution in [0.15, 0.2) is 29.4 Å². The number of benzene rings is 1. The molecule has 162 valence electrons. The van der Waals surface area contributed by atoms with Crippen molar-refractivity contribution in [3.63, 3.8) is 0 Å². The van der Waals surface area contributed by atoms with Gasteiger partial charge in [-0.1, -0.05) is 32.5 Å². The Kier molecular flexibility index (Phi) is 4.73. The standard InChI is InChI=1S/C24H28N4O2S/c1-14(20(30)15-7-9-16(10-8-15)28-13-5-6-18(28)29)31-22-25-21-19(26-27-22)17-11-12-24(21,4)23(17,2)3/h7-10,14,17H,5-6,11-13H2,1-4H3/t14-,17-,24-/m1/s1. The van der Waals surface area contributed by atoms with Crippen LogP contribution in [0.4, 0.5) is 5.69 Å². The summed E-state index contributed by atoms with van der Waals surface area (Å²) >= 11 is 1.37. The second-order valence-corrected chi connectivity index (χ2v) is 11.1. The zero-order valence-corrected chi connectivity index (χ0v) is 19.3. The Morgan fingerprint density at radius 3 is 2.61 bits per heavy atom. The molecule has 0 N–H and O–H groups in total. The van der Waals surface area contributed by atoms with Gasteiger partial charge < -0.3 is 4.90 Å². The van der Waals surface area contributed by atoms with Gasteiger partial charge in [0.2, 0.25) is 11.1 Å². The maximum Gasteiger partial charge on any atom is 0.227 e. The normalized spacial score (nSPS) is 26.9. The van der Waals surface area contributed by atoms with Crippen molar-refractivity contribution in [1.29, 1.82) is 0 Å². The van der Waals surface area contributed by atoms with Crippen LogP contribution in [0, 0.1) is 5.41 Å². The summed E-state index contributed by atoms with van der Waals surface area (Å²) in [5.41, 5.74) is 3.78. The van der Waals surface area contributed by atoms with Gasteiger partial charge in [0.1, 0.15) is 0 Å². The smallest absolute Gasteiger partial charge is 0.227 e. The van der Waals surface area contributed by atoms with Gasteiger partial charge in [-0.05, 0) is 55.9 Å². The van der Waals surface area contributed by atoms with Gasteiger partial charge in [-0.25, -0.2) is 4.98 Å². The molecule has 7 heteroatoms. The first-order chi connectivity index (χ1) is 14.7. The molecular weight excluding hydrogens is 408 g/mol. The van der Waals surface area contributed by atoms with Crippen LogP contribution in [-0.2, 0) is 10.2 Å². The Labute approximate surface area is 187 Å². The second kappa shape index (κ2) is 7.12. The summed E-state index contributed by atoms with van der Waals surface area (Å²) in [5.74, 6) is 0.600. The summed E-state index contributed by atoms with van der Waals surface area (Å²) in [5, 5.41) is 9.16. The van der Waals surface area contributed by atoms with Gasteiger partial charge >= 0.3 is 0 Å². The quantitative estimate of drug-likeness (QED) is 0.506. The van der Waals surface area contributed by atoms with Crippen LogP contribution >= 0.6 is 11.8 Å². The fraction of sp³-hybridized carbons (Fsp3) is 0.542. The minimum atomic E-state index is -0.321. The molecule has 6 nitrogen and oxygen atoms in total. The molecule has 1 aliphatic heterocycles.